The van der Waals surface area contributed by atoms with E-state index in [1.807, 2.05) is 30.3 Å². The maximum Gasteiger partial charge on any atom is 0.488 e. The molecule has 1 aromatic heterocycles. The summed E-state index contributed by atoms with van der Waals surface area (Å²) in [5.74, 6) is 0.479. The molecule has 3 rings (SSSR count). The Morgan fingerprint density at radius 2 is 1.60 bits per heavy atom. The number of tetrazole rings is 1. The van der Waals surface area contributed by atoms with Gasteiger partial charge in [-0.05, 0) is 22.8 Å². The van der Waals surface area contributed by atoms with Crippen LogP contribution in [0.1, 0.15) is 0 Å². The fourth-order valence-corrected chi connectivity index (χ4v) is 1.80. The summed E-state index contributed by atoms with van der Waals surface area (Å²) in [6.07, 6.45) is 0. The van der Waals surface area contributed by atoms with Gasteiger partial charge in [0.05, 0.1) is 5.69 Å². The van der Waals surface area contributed by atoms with Gasteiger partial charge in [-0.15, -0.1) is 15.0 Å². The molecule has 0 amide bonds. The highest BCUT2D eigenvalue weighted by Crippen LogP contribution is 2.13. The van der Waals surface area contributed by atoms with E-state index < -0.39 is 7.12 Å². The van der Waals surface area contributed by atoms with Crippen LogP contribution in [-0.4, -0.2) is 37.4 Å². The molecule has 2 N–H and O–H groups in total. The third-order valence-corrected chi connectivity index (χ3v) is 2.87. The van der Waals surface area contributed by atoms with Crippen molar-refractivity contribution in [3.63, 3.8) is 0 Å². The molecule has 0 bridgehead atoms. The predicted molar refractivity (Wildman–Crippen MR) is 74.4 cm³/mol. The van der Waals surface area contributed by atoms with Crippen LogP contribution in [0.5, 0.6) is 0 Å². The fraction of sp³-hybridized carbons (Fsp3) is 0. The van der Waals surface area contributed by atoms with Crippen molar-refractivity contribution in [2.45, 2.75) is 0 Å². The number of para-hydroxylation sites is 1. The molecule has 7 heteroatoms. The summed E-state index contributed by atoms with van der Waals surface area (Å²) < 4.78 is 0. The lowest BCUT2D eigenvalue weighted by Crippen LogP contribution is -2.29. The molecule has 2 aromatic carbocycles. The highest BCUT2D eigenvalue weighted by Gasteiger charge is 2.12. The second-order valence-corrected chi connectivity index (χ2v) is 4.23. The molecule has 0 radical (unpaired) electrons. The number of rotatable bonds is 3. The van der Waals surface area contributed by atoms with Crippen molar-refractivity contribution >= 4 is 12.6 Å². The topological polar surface area (TPSA) is 84.1 Å². The first-order valence-corrected chi connectivity index (χ1v) is 6.06. The standard InChI is InChI=1S/C13H11BN4O2/c19-14(20)11-8-6-10(7-9-11)13-15-17-18(16-13)12-4-2-1-3-5-12/h1-9,19-20H. The van der Waals surface area contributed by atoms with E-state index in [4.69, 9.17) is 10.0 Å². The van der Waals surface area contributed by atoms with Gasteiger partial charge in [-0.25, -0.2) is 0 Å². The Bertz CT molecular complexity index is 698. The van der Waals surface area contributed by atoms with Gasteiger partial charge in [0, 0.05) is 5.56 Å². The quantitative estimate of drug-likeness (QED) is 0.652. The van der Waals surface area contributed by atoms with E-state index in [1.54, 1.807) is 24.3 Å². The molecule has 20 heavy (non-hydrogen) atoms. The van der Waals surface area contributed by atoms with E-state index in [9.17, 15) is 0 Å². The zero-order valence-corrected chi connectivity index (χ0v) is 10.5. The zero-order valence-electron chi connectivity index (χ0n) is 10.5. The molecule has 0 unspecified atom stereocenters. The minimum atomic E-state index is -1.47. The van der Waals surface area contributed by atoms with E-state index in [2.05, 4.69) is 15.4 Å². The number of benzene rings is 2. The average molecular weight is 266 g/mol. The van der Waals surface area contributed by atoms with Crippen molar-refractivity contribution in [2.24, 2.45) is 0 Å². The maximum absolute atomic E-state index is 9.05. The highest BCUT2D eigenvalue weighted by molar-refractivity contribution is 6.58. The maximum atomic E-state index is 9.05. The third kappa shape index (κ3) is 2.44. The first-order valence-electron chi connectivity index (χ1n) is 6.06. The Kier molecular flexibility index (Phi) is 3.28. The van der Waals surface area contributed by atoms with E-state index in [-0.39, 0.29) is 0 Å². The van der Waals surface area contributed by atoms with Gasteiger partial charge in [0.15, 0.2) is 0 Å². The first kappa shape index (κ1) is 12.5. The van der Waals surface area contributed by atoms with Gasteiger partial charge in [-0.1, -0.05) is 42.5 Å². The Labute approximate surface area is 115 Å². The minimum Gasteiger partial charge on any atom is -0.423 e. The summed E-state index contributed by atoms with van der Waals surface area (Å²) in [4.78, 5) is 1.45. The van der Waals surface area contributed by atoms with Crippen molar-refractivity contribution in [3.8, 4) is 17.1 Å². The molecule has 0 saturated carbocycles. The Morgan fingerprint density at radius 3 is 2.25 bits per heavy atom. The van der Waals surface area contributed by atoms with Gasteiger partial charge in [0.2, 0.25) is 5.82 Å². The van der Waals surface area contributed by atoms with Gasteiger partial charge >= 0.3 is 7.12 Å². The van der Waals surface area contributed by atoms with Crippen LogP contribution < -0.4 is 5.46 Å². The lowest BCUT2D eigenvalue weighted by Gasteiger charge is -1.99. The minimum absolute atomic E-state index is 0.421. The fourth-order valence-electron chi connectivity index (χ4n) is 1.80. The predicted octanol–water partition coefficient (Wildman–Crippen LogP) is 0.00910. The monoisotopic (exact) mass is 266 g/mol. The van der Waals surface area contributed by atoms with Crippen molar-refractivity contribution in [1.82, 2.24) is 20.2 Å². The van der Waals surface area contributed by atoms with Gasteiger partial charge < -0.3 is 10.0 Å². The largest absolute Gasteiger partial charge is 0.488 e. The summed E-state index contributed by atoms with van der Waals surface area (Å²) in [6, 6.07) is 16.2. The smallest absolute Gasteiger partial charge is 0.423 e. The summed E-state index contributed by atoms with van der Waals surface area (Å²) >= 11 is 0. The van der Waals surface area contributed by atoms with Crippen molar-refractivity contribution in [1.29, 1.82) is 0 Å². The summed E-state index contributed by atoms with van der Waals surface area (Å²) in [6.45, 7) is 0. The van der Waals surface area contributed by atoms with E-state index in [0.29, 0.717) is 11.3 Å². The Hall–Kier alpha value is -2.51. The normalized spacial score (nSPS) is 10.5. The van der Waals surface area contributed by atoms with Crippen molar-refractivity contribution in [3.05, 3.63) is 54.6 Å². The second kappa shape index (κ2) is 5.24. The number of hydrogen-bond donors (Lipinski definition) is 2. The Morgan fingerprint density at radius 1 is 0.900 bits per heavy atom. The van der Waals surface area contributed by atoms with Crippen LogP contribution >= 0.6 is 0 Å². The molecule has 3 aromatic rings. The van der Waals surface area contributed by atoms with Crippen molar-refractivity contribution in [2.75, 3.05) is 0 Å². The van der Waals surface area contributed by atoms with Gasteiger partial charge in [0.1, 0.15) is 0 Å². The molecule has 6 nitrogen and oxygen atoms in total. The average Bonchev–Trinajstić information content (AvgIpc) is 2.98. The zero-order chi connectivity index (χ0) is 13.9. The molecule has 0 spiro atoms. The van der Waals surface area contributed by atoms with Crippen molar-refractivity contribution < 1.29 is 10.0 Å². The van der Waals surface area contributed by atoms with Crippen LogP contribution in [0.4, 0.5) is 0 Å². The SMILES string of the molecule is OB(O)c1ccc(-c2nnn(-c3ccccc3)n2)cc1. The number of aromatic nitrogens is 4. The molecular weight excluding hydrogens is 255 g/mol. The Balaban J connectivity index is 1.90. The molecular formula is C13H11BN4O2. The molecule has 0 aliphatic carbocycles. The van der Waals surface area contributed by atoms with Crippen LogP contribution in [0.3, 0.4) is 0 Å². The summed E-state index contributed by atoms with van der Waals surface area (Å²) in [7, 11) is -1.47. The molecule has 0 fully saturated rings. The molecule has 0 aliphatic rings. The molecule has 0 saturated heterocycles. The molecule has 0 aliphatic heterocycles. The van der Waals surface area contributed by atoms with E-state index in [0.717, 1.165) is 11.3 Å². The summed E-state index contributed by atoms with van der Waals surface area (Å²) in [5, 5.41) is 30.4. The lowest BCUT2D eigenvalue weighted by molar-refractivity contribution is 0.426. The van der Waals surface area contributed by atoms with Gasteiger partial charge in [-0.3, -0.25) is 0 Å². The summed E-state index contributed by atoms with van der Waals surface area (Å²) in [5.41, 5.74) is 2.01. The van der Waals surface area contributed by atoms with Crippen LogP contribution in [0.15, 0.2) is 54.6 Å². The first-order chi connectivity index (χ1) is 9.74. The molecule has 0 atom stereocenters. The van der Waals surface area contributed by atoms with Gasteiger partial charge in [0.25, 0.3) is 0 Å². The van der Waals surface area contributed by atoms with E-state index in [1.165, 1.54) is 4.80 Å². The van der Waals surface area contributed by atoms with Crippen LogP contribution in [0.25, 0.3) is 17.1 Å². The van der Waals surface area contributed by atoms with Gasteiger partial charge in [-0.2, -0.15) is 0 Å². The second-order valence-electron chi connectivity index (χ2n) is 4.23. The molecule has 98 valence electrons. The number of hydrogen-bond acceptors (Lipinski definition) is 5. The lowest BCUT2D eigenvalue weighted by atomic mass is 9.80. The van der Waals surface area contributed by atoms with Crippen LogP contribution in [-0.2, 0) is 0 Å². The van der Waals surface area contributed by atoms with E-state index >= 15 is 0 Å². The van der Waals surface area contributed by atoms with Crippen LogP contribution in [0, 0.1) is 0 Å². The highest BCUT2D eigenvalue weighted by atomic mass is 16.4. The van der Waals surface area contributed by atoms with Crippen LogP contribution in [0.2, 0.25) is 0 Å². The number of nitrogens with zero attached hydrogens (tertiary/aromatic N) is 4. The third-order valence-electron chi connectivity index (χ3n) is 2.87. The molecule has 1 heterocycles.